The van der Waals surface area contributed by atoms with E-state index in [2.05, 4.69) is 60.3 Å². The molecule has 0 amide bonds. The van der Waals surface area contributed by atoms with Crippen LogP contribution in [0.5, 0.6) is 0 Å². The number of fused-ring (bicyclic) bond motifs is 1. The van der Waals surface area contributed by atoms with Crippen LogP contribution in [0.3, 0.4) is 0 Å². The minimum absolute atomic E-state index is 0.111. The van der Waals surface area contributed by atoms with Gasteiger partial charge in [0.2, 0.25) is 0 Å². The molecule has 0 atom stereocenters. The third kappa shape index (κ3) is 6.51. The number of aryl methyl sites for hydroxylation is 1. The summed E-state index contributed by atoms with van der Waals surface area (Å²) < 4.78 is 10.2. The first kappa shape index (κ1) is 24.6. The maximum atomic E-state index is 11.3. The molecule has 3 aromatic rings. The van der Waals surface area contributed by atoms with E-state index in [9.17, 15) is 4.79 Å². The lowest BCUT2D eigenvalue weighted by molar-refractivity contribution is -0.140. The molecular formula is C25H28BN3O3S. The average Bonchev–Trinajstić information content (AvgIpc) is 3.33. The summed E-state index contributed by atoms with van der Waals surface area (Å²) >= 11 is 1.66. The summed E-state index contributed by atoms with van der Waals surface area (Å²) in [6.07, 6.45) is 6.59. The molecule has 170 valence electrons. The van der Waals surface area contributed by atoms with Crippen LogP contribution in [-0.2, 0) is 9.53 Å². The van der Waals surface area contributed by atoms with E-state index in [4.69, 9.17) is 17.2 Å². The number of benzene rings is 2. The van der Waals surface area contributed by atoms with Crippen LogP contribution in [0, 0.1) is 6.92 Å². The lowest BCUT2D eigenvalue weighted by Crippen LogP contribution is -2.22. The number of rotatable bonds is 11. The number of hydrogen-bond acceptors (Lipinski definition) is 7. The number of hydrogen-bond donors (Lipinski definition) is 0. The second-order valence-corrected chi connectivity index (χ2v) is 8.44. The Morgan fingerprint density at radius 1 is 1.15 bits per heavy atom. The van der Waals surface area contributed by atoms with Gasteiger partial charge in [-0.1, -0.05) is 48.2 Å². The summed E-state index contributed by atoms with van der Waals surface area (Å²) in [7, 11) is 5.30. The van der Waals surface area contributed by atoms with Crippen molar-refractivity contribution in [1.82, 2.24) is 10.3 Å². The average molecular weight is 461 g/mol. The molecule has 0 saturated carbocycles. The first-order chi connectivity index (χ1) is 16.1. The first-order valence-corrected chi connectivity index (χ1v) is 11.9. The van der Waals surface area contributed by atoms with Crippen LogP contribution in [0.1, 0.15) is 31.4 Å². The van der Waals surface area contributed by atoms with Gasteiger partial charge in [-0.25, -0.2) is 4.63 Å². The van der Waals surface area contributed by atoms with Crippen molar-refractivity contribution in [3.63, 3.8) is 0 Å². The summed E-state index contributed by atoms with van der Waals surface area (Å²) in [5.74, 6) is -0.402. The minimum Gasteiger partial charge on any atom is -0.466 e. The molecule has 8 heteroatoms. The van der Waals surface area contributed by atoms with Gasteiger partial charge in [0.15, 0.2) is 5.52 Å². The lowest BCUT2D eigenvalue weighted by atomic mass is 10.1. The van der Waals surface area contributed by atoms with Gasteiger partial charge in [0.1, 0.15) is 5.52 Å². The number of allylic oxidation sites excluding steroid dienone is 1. The predicted molar refractivity (Wildman–Crippen MR) is 136 cm³/mol. The number of esters is 1. The van der Waals surface area contributed by atoms with E-state index in [0.717, 1.165) is 45.2 Å². The Morgan fingerprint density at radius 2 is 1.91 bits per heavy atom. The largest absolute Gasteiger partial charge is 0.466 e. The standard InChI is InChI=1S/C25H28BN3O3S/c1-4-29(5-2)21-15-13-19(24-25(21)28-32-27-24)12-14-20(10-8-16-31-23(30)17-26)33-22-11-7-6-9-18(22)3/h6-7,9-15H,4-5,8,16-17H2,1-3H3/b14-12+,20-10+. The van der Waals surface area contributed by atoms with Crippen LogP contribution in [-0.4, -0.2) is 43.8 Å². The fraction of sp³-hybridized carbons (Fsp3) is 0.320. The molecule has 0 spiro atoms. The monoisotopic (exact) mass is 461 g/mol. The van der Waals surface area contributed by atoms with Crippen LogP contribution in [0.2, 0.25) is 6.32 Å². The molecule has 3 rings (SSSR count). The second kappa shape index (κ2) is 12.3. The fourth-order valence-electron chi connectivity index (χ4n) is 3.37. The number of carbonyl (C=O) groups is 1. The smallest absolute Gasteiger partial charge is 0.296 e. The highest BCUT2D eigenvalue weighted by atomic mass is 32.2. The van der Waals surface area contributed by atoms with Crippen LogP contribution in [0.15, 0.2) is 63.0 Å². The predicted octanol–water partition coefficient (Wildman–Crippen LogP) is 5.59. The van der Waals surface area contributed by atoms with Crippen LogP contribution in [0.4, 0.5) is 5.69 Å². The van der Waals surface area contributed by atoms with E-state index in [1.165, 1.54) is 5.56 Å². The van der Waals surface area contributed by atoms with Gasteiger partial charge in [-0.3, -0.25) is 4.79 Å². The van der Waals surface area contributed by atoms with Gasteiger partial charge >= 0.3 is 0 Å². The molecule has 0 fully saturated rings. The van der Waals surface area contributed by atoms with Crippen molar-refractivity contribution >= 4 is 48.4 Å². The number of anilines is 1. The molecule has 0 aliphatic rings. The highest BCUT2D eigenvalue weighted by molar-refractivity contribution is 8.03. The highest BCUT2D eigenvalue weighted by Crippen LogP contribution is 2.32. The van der Waals surface area contributed by atoms with Crippen molar-refractivity contribution in [3.05, 3.63) is 64.6 Å². The third-order valence-corrected chi connectivity index (χ3v) is 6.39. The van der Waals surface area contributed by atoms with E-state index in [0.29, 0.717) is 6.42 Å². The number of aromatic nitrogens is 2. The summed E-state index contributed by atoms with van der Waals surface area (Å²) in [6.45, 7) is 8.36. The Labute approximate surface area is 200 Å². The zero-order chi connectivity index (χ0) is 23.6. The molecule has 33 heavy (non-hydrogen) atoms. The van der Waals surface area contributed by atoms with Gasteiger partial charge in [0, 0.05) is 41.2 Å². The topological polar surface area (TPSA) is 68.5 Å². The quantitative estimate of drug-likeness (QED) is 0.121. The number of nitrogens with zero attached hydrogens (tertiary/aromatic N) is 3. The van der Waals surface area contributed by atoms with Crippen LogP contribution < -0.4 is 4.90 Å². The van der Waals surface area contributed by atoms with E-state index in [1.54, 1.807) is 11.8 Å². The molecule has 2 aromatic carbocycles. The molecule has 1 aromatic heterocycles. The highest BCUT2D eigenvalue weighted by Gasteiger charge is 2.14. The molecule has 0 unspecified atom stereocenters. The summed E-state index contributed by atoms with van der Waals surface area (Å²) in [5.41, 5.74) is 4.62. The molecule has 2 radical (unpaired) electrons. The van der Waals surface area contributed by atoms with Crippen molar-refractivity contribution in [2.75, 3.05) is 24.6 Å². The molecule has 0 aliphatic heterocycles. The Kier molecular flexibility index (Phi) is 9.19. The molecule has 0 bridgehead atoms. The Balaban J connectivity index is 1.87. The Bertz CT molecular complexity index is 1140. The number of ether oxygens (including phenoxy) is 1. The van der Waals surface area contributed by atoms with Gasteiger partial charge in [0.25, 0.3) is 5.97 Å². The van der Waals surface area contributed by atoms with Crippen LogP contribution in [0.25, 0.3) is 17.1 Å². The molecular weight excluding hydrogens is 433 g/mol. The number of thioether (sulfide) groups is 1. The summed E-state index contributed by atoms with van der Waals surface area (Å²) in [6, 6.07) is 12.3. The van der Waals surface area contributed by atoms with Crippen molar-refractivity contribution in [1.29, 1.82) is 0 Å². The van der Waals surface area contributed by atoms with Gasteiger partial charge < -0.3 is 9.64 Å². The maximum absolute atomic E-state index is 11.3. The Hall–Kier alpha value is -3.00. The third-order valence-electron chi connectivity index (χ3n) is 5.17. The normalized spacial score (nSPS) is 11.9. The number of carbonyl (C=O) groups excluding carboxylic acids is 1. The van der Waals surface area contributed by atoms with E-state index < -0.39 is 5.97 Å². The van der Waals surface area contributed by atoms with Crippen molar-refractivity contribution < 1.29 is 14.2 Å². The minimum atomic E-state index is -0.402. The van der Waals surface area contributed by atoms with E-state index >= 15 is 0 Å². The maximum Gasteiger partial charge on any atom is 0.296 e. The van der Waals surface area contributed by atoms with Crippen molar-refractivity contribution in [2.24, 2.45) is 0 Å². The Morgan fingerprint density at radius 3 is 2.64 bits per heavy atom. The zero-order valence-electron chi connectivity index (χ0n) is 19.3. The molecule has 6 nitrogen and oxygen atoms in total. The molecule has 0 saturated heterocycles. The van der Waals surface area contributed by atoms with Crippen molar-refractivity contribution in [3.8, 4) is 0 Å². The van der Waals surface area contributed by atoms with Crippen molar-refractivity contribution in [2.45, 2.75) is 38.4 Å². The summed E-state index contributed by atoms with van der Waals surface area (Å²) in [4.78, 5) is 15.7. The molecule has 1 heterocycles. The summed E-state index contributed by atoms with van der Waals surface area (Å²) in [5, 5.41) is 8.30. The first-order valence-electron chi connectivity index (χ1n) is 11.0. The molecule has 0 N–H and O–H groups in total. The molecule has 0 aliphatic carbocycles. The zero-order valence-corrected chi connectivity index (χ0v) is 20.1. The van der Waals surface area contributed by atoms with Gasteiger partial charge in [0.05, 0.1) is 20.1 Å². The van der Waals surface area contributed by atoms with Gasteiger partial charge in [-0.2, -0.15) is 0 Å². The lowest BCUT2D eigenvalue weighted by Gasteiger charge is -2.20. The van der Waals surface area contributed by atoms with E-state index in [1.807, 2.05) is 30.4 Å². The van der Waals surface area contributed by atoms with Gasteiger partial charge in [-0.05, 0) is 54.9 Å². The SMILES string of the molecule is [B]CC(=O)OCC/C=C(\C=C\c1ccc(N(CC)CC)c2nonc12)Sc1ccccc1C. The second-order valence-electron chi connectivity index (χ2n) is 7.33. The van der Waals surface area contributed by atoms with Gasteiger partial charge in [-0.15, -0.1) is 0 Å². The van der Waals surface area contributed by atoms with Crippen LogP contribution >= 0.6 is 11.8 Å². The fourth-order valence-corrected chi connectivity index (χ4v) is 4.34. The van der Waals surface area contributed by atoms with E-state index in [-0.39, 0.29) is 12.9 Å².